The second kappa shape index (κ2) is 78.0. The fourth-order valence-corrected chi connectivity index (χ4v) is 11.5. The first-order chi connectivity index (χ1) is 51.2. The largest absolute Gasteiger partial charge is 0.472 e. The van der Waals surface area contributed by atoms with Crippen molar-refractivity contribution in [3.8, 4) is 0 Å². The second-order valence-electron chi connectivity index (χ2n) is 25.7. The van der Waals surface area contributed by atoms with Crippen molar-refractivity contribution < 1.29 is 75.8 Å². The minimum atomic E-state index is -4.97. The Morgan fingerprint density at radius 2 is 0.505 bits per heavy atom. The Labute approximate surface area is 636 Å². The monoisotopic (exact) mass is 1500 g/mol. The summed E-state index contributed by atoms with van der Waals surface area (Å²) in [5, 5.41) is 20.6. The van der Waals surface area contributed by atoms with E-state index in [0.717, 1.165) is 116 Å². The van der Waals surface area contributed by atoms with Crippen LogP contribution in [0.4, 0.5) is 0 Å². The van der Waals surface area contributed by atoms with E-state index < -0.39 is 91.5 Å². The minimum absolute atomic E-state index is 0.00306. The van der Waals surface area contributed by atoms with E-state index in [2.05, 4.69) is 185 Å². The molecule has 0 bridgehead atoms. The first kappa shape index (κ1) is 99.4. The van der Waals surface area contributed by atoms with Crippen molar-refractivity contribution in [2.45, 2.75) is 296 Å². The SMILES string of the molecule is CC/C=C\C/C=C\C/C=C\C/C=C\C/C=C\C/C=C\CCC(=O)OCC(COP(=O)(O)OCC(O)COP(=O)(O)OCC(O)COC(=O)CCCCCCCCCCCCCCCCCCC/C=C\C/C=C\C/C=C\C/C=C\C/C=C\CC)OC(=O)CCC/C=C\C/C=C\C/C=C\C/C=C\C/C=C\CC. The molecule has 0 aliphatic rings. The van der Waals surface area contributed by atoms with Crippen LogP contribution in [0, 0.1) is 0 Å². The zero-order valence-corrected chi connectivity index (χ0v) is 66.6. The summed E-state index contributed by atoms with van der Waals surface area (Å²) in [6.07, 6.45) is 102. The van der Waals surface area contributed by atoms with Crippen molar-refractivity contribution in [1.29, 1.82) is 0 Å². The van der Waals surface area contributed by atoms with Crippen molar-refractivity contribution in [3.63, 3.8) is 0 Å². The molecule has 18 heteroatoms. The normalized spacial score (nSPS) is 15.0. The van der Waals surface area contributed by atoms with Crippen LogP contribution in [0.1, 0.15) is 278 Å². The summed E-state index contributed by atoms with van der Waals surface area (Å²) >= 11 is 0. The topological polar surface area (TPSA) is 231 Å². The molecule has 5 unspecified atom stereocenters. The highest BCUT2D eigenvalue weighted by Crippen LogP contribution is 2.45. The molecule has 0 spiro atoms. The Hall–Kier alpha value is -5.61. The molecule has 0 aromatic carbocycles. The van der Waals surface area contributed by atoms with Crippen LogP contribution in [0.3, 0.4) is 0 Å². The predicted molar refractivity (Wildman–Crippen MR) is 435 cm³/mol. The molecule has 0 fully saturated rings. The van der Waals surface area contributed by atoms with E-state index in [1.54, 1.807) is 0 Å². The van der Waals surface area contributed by atoms with Gasteiger partial charge in [0.25, 0.3) is 0 Å². The number of phosphoric acid groups is 2. The van der Waals surface area contributed by atoms with Crippen LogP contribution >= 0.6 is 15.6 Å². The van der Waals surface area contributed by atoms with Crippen molar-refractivity contribution in [2.24, 2.45) is 0 Å². The minimum Gasteiger partial charge on any atom is -0.463 e. The van der Waals surface area contributed by atoms with Gasteiger partial charge in [0.2, 0.25) is 0 Å². The average Bonchev–Trinajstić information content (AvgIpc) is 0.915. The fourth-order valence-electron chi connectivity index (χ4n) is 9.89. The fraction of sp³-hybridized carbons (Fsp3) is 0.598. The van der Waals surface area contributed by atoms with Crippen LogP contribution in [0.25, 0.3) is 0 Å². The van der Waals surface area contributed by atoms with Gasteiger partial charge in [-0.15, -0.1) is 0 Å². The summed E-state index contributed by atoms with van der Waals surface area (Å²) in [5.74, 6) is -1.75. The number of ether oxygens (including phenoxy) is 3. The van der Waals surface area contributed by atoms with E-state index in [9.17, 15) is 43.5 Å². The zero-order valence-electron chi connectivity index (χ0n) is 64.8. The maximum Gasteiger partial charge on any atom is 0.472 e. The summed E-state index contributed by atoms with van der Waals surface area (Å²) in [7, 11) is -9.84. The lowest BCUT2D eigenvalue weighted by Crippen LogP contribution is -2.30. The summed E-state index contributed by atoms with van der Waals surface area (Å²) in [4.78, 5) is 58.6. The number of phosphoric ester groups is 2. The molecule has 5 atom stereocenters. The Bertz CT molecular complexity index is 2690. The number of esters is 3. The average molecular weight is 1500 g/mol. The van der Waals surface area contributed by atoms with Gasteiger partial charge in [0, 0.05) is 19.3 Å². The zero-order chi connectivity index (χ0) is 76.6. The highest BCUT2D eigenvalue weighted by Gasteiger charge is 2.29. The Morgan fingerprint density at radius 1 is 0.267 bits per heavy atom. The Morgan fingerprint density at radius 3 is 0.838 bits per heavy atom. The van der Waals surface area contributed by atoms with Gasteiger partial charge < -0.3 is 34.2 Å². The third kappa shape index (κ3) is 79.3. The first-order valence-corrected chi connectivity index (χ1v) is 42.7. The lowest BCUT2D eigenvalue weighted by molar-refractivity contribution is -0.161. The van der Waals surface area contributed by atoms with Gasteiger partial charge in [0.15, 0.2) is 6.10 Å². The summed E-state index contributed by atoms with van der Waals surface area (Å²) in [6, 6.07) is 0. The van der Waals surface area contributed by atoms with Crippen LogP contribution in [-0.4, -0.2) is 95.9 Å². The summed E-state index contributed by atoms with van der Waals surface area (Å²) in [5.41, 5.74) is 0. The van der Waals surface area contributed by atoms with Crippen LogP contribution in [0.5, 0.6) is 0 Å². The molecule has 4 N–H and O–H groups in total. The van der Waals surface area contributed by atoms with Gasteiger partial charge in [-0.3, -0.25) is 32.5 Å². The number of unbranched alkanes of at least 4 members (excludes halogenated alkanes) is 18. The maximum atomic E-state index is 12.9. The first-order valence-electron chi connectivity index (χ1n) is 39.7. The van der Waals surface area contributed by atoms with E-state index >= 15 is 0 Å². The lowest BCUT2D eigenvalue weighted by Gasteiger charge is -2.21. The van der Waals surface area contributed by atoms with Gasteiger partial charge in [0.1, 0.15) is 25.4 Å². The molecule has 0 aromatic heterocycles. The van der Waals surface area contributed by atoms with Crippen molar-refractivity contribution in [3.05, 3.63) is 194 Å². The van der Waals surface area contributed by atoms with Gasteiger partial charge in [-0.1, -0.05) is 312 Å². The van der Waals surface area contributed by atoms with Crippen molar-refractivity contribution in [1.82, 2.24) is 0 Å². The molecular formula is C87H140O16P2. The Kier molecular flexibility index (Phi) is 73.8. The van der Waals surface area contributed by atoms with E-state index in [1.807, 2.05) is 30.4 Å². The molecule has 594 valence electrons. The molecule has 0 amide bonds. The lowest BCUT2D eigenvalue weighted by atomic mass is 10.0. The summed E-state index contributed by atoms with van der Waals surface area (Å²) in [6.45, 7) is 2.16. The predicted octanol–water partition coefficient (Wildman–Crippen LogP) is 23.5. The molecule has 0 radical (unpaired) electrons. The number of hydrogen-bond donors (Lipinski definition) is 4. The van der Waals surface area contributed by atoms with Crippen LogP contribution < -0.4 is 0 Å². The molecule has 0 aliphatic carbocycles. The molecule has 16 nitrogen and oxygen atoms in total. The van der Waals surface area contributed by atoms with E-state index in [1.165, 1.54) is 89.9 Å². The standard InChI is InChI=1S/C87H140O16P2/c1-4-7-10-13-16-19-22-25-28-31-33-34-35-36-37-38-39-40-41-42-43-44-45-46-48-51-52-55-58-61-64-67-70-73-85(90)97-76-82(88)77-99-104(93,94)100-78-83(89)79-101-105(95,96)102-81-84(103-87(92)75-72-69-66-63-60-57-54-49-30-27-24-21-18-15-12-9-6-3)80-98-86(91)74-71-68-65-62-59-56-53-50-47-32-29-26-23-20-17-14-11-8-5-2/h7-12,16-21,25-30,33-34,36-37,47,50,54,56-57,59,63,65-66,68,82-84,88-89H,4-6,13-15,22-24,31-32,35,38-46,48-49,51-53,55,58,60-62,64,67,69-81H2,1-3H3,(H,93,94)(H,95,96)/b10-7-,11-8-,12-9-,19-16-,20-17-,21-18-,28-25-,29-26-,30-27-,34-33-,37-36-,50-47-,57-54-,59-56-,66-63-,68-65-. The highest BCUT2D eigenvalue weighted by atomic mass is 31.2. The number of carbonyl (C=O) groups is 3. The molecule has 105 heavy (non-hydrogen) atoms. The molecule has 0 saturated heterocycles. The van der Waals surface area contributed by atoms with E-state index in [0.29, 0.717) is 32.1 Å². The number of hydrogen-bond acceptors (Lipinski definition) is 14. The van der Waals surface area contributed by atoms with Crippen LogP contribution in [-0.2, 0) is 55.8 Å². The molecule has 0 rings (SSSR count). The van der Waals surface area contributed by atoms with Gasteiger partial charge in [-0.25, -0.2) is 9.13 Å². The number of aliphatic hydroxyl groups is 2. The number of rotatable bonds is 73. The van der Waals surface area contributed by atoms with Gasteiger partial charge in [0.05, 0.1) is 26.4 Å². The van der Waals surface area contributed by atoms with E-state index in [4.69, 9.17) is 32.3 Å². The molecule has 0 aromatic rings. The number of allylic oxidation sites excluding steroid dienone is 32. The number of aliphatic hydroxyl groups excluding tert-OH is 2. The third-order valence-corrected chi connectivity index (χ3v) is 17.7. The Balaban J connectivity index is 4.56. The second-order valence-corrected chi connectivity index (χ2v) is 28.6. The highest BCUT2D eigenvalue weighted by molar-refractivity contribution is 7.47. The summed E-state index contributed by atoms with van der Waals surface area (Å²) < 4.78 is 60.9. The van der Waals surface area contributed by atoms with Crippen LogP contribution in [0.15, 0.2) is 194 Å². The molecule has 0 aliphatic heterocycles. The van der Waals surface area contributed by atoms with Crippen LogP contribution in [0.2, 0.25) is 0 Å². The maximum absolute atomic E-state index is 12.9. The number of carbonyl (C=O) groups excluding carboxylic acids is 3. The van der Waals surface area contributed by atoms with Gasteiger partial charge in [-0.05, 0) is 141 Å². The molecule has 0 saturated carbocycles. The molecular weight excluding hydrogens is 1360 g/mol. The quantitative estimate of drug-likeness (QED) is 0.0146. The van der Waals surface area contributed by atoms with Gasteiger partial charge >= 0.3 is 33.6 Å². The molecule has 0 heterocycles. The van der Waals surface area contributed by atoms with Crippen molar-refractivity contribution in [2.75, 3.05) is 39.6 Å². The van der Waals surface area contributed by atoms with Gasteiger partial charge in [-0.2, -0.15) is 0 Å². The van der Waals surface area contributed by atoms with E-state index in [-0.39, 0.29) is 19.3 Å². The smallest absolute Gasteiger partial charge is 0.463 e. The van der Waals surface area contributed by atoms with Crippen molar-refractivity contribution >= 4 is 33.6 Å². The third-order valence-electron chi connectivity index (χ3n) is 15.8.